The number of aromatic amines is 1. The van der Waals surface area contributed by atoms with Crippen molar-refractivity contribution >= 4 is 28.2 Å². The van der Waals surface area contributed by atoms with Gasteiger partial charge in [-0.25, -0.2) is 4.98 Å². The molecule has 2 aromatic rings. The Labute approximate surface area is 118 Å². The number of rotatable bonds is 4. The van der Waals surface area contributed by atoms with E-state index in [9.17, 15) is 19.7 Å². The fraction of sp³-hybridized carbons (Fsp3) is 0.250. The van der Waals surface area contributed by atoms with Gasteiger partial charge >= 0.3 is 0 Å². The average molecular weight is 291 g/mol. The van der Waals surface area contributed by atoms with Crippen LogP contribution in [0.3, 0.4) is 0 Å². The molecule has 0 aliphatic heterocycles. The molecule has 0 aliphatic carbocycles. The molecular weight excluding hydrogens is 278 g/mol. The fourth-order valence-electron chi connectivity index (χ4n) is 1.92. The van der Waals surface area contributed by atoms with E-state index in [0.29, 0.717) is 5.52 Å². The minimum absolute atomic E-state index is 0.0496. The van der Waals surface area contributed by atoms with E-state index in [-0.39, 0.29) is 29.2 Å². The van der Waals surface area contributed by atoms with Crippen LogP contribution in [0.1, 0.15) is 0 Å². The van der Waals surface area contributed by atoms with E-state index in [0.717, 1.165) is 6.07 Å². The minimum Gasteiger partial charge on any atom is -0.360 e. The van der Waals surface area contributed by atoms with Crippen LogP contribution in [0.2, 0.25) is 0 Å². The summed E-state index contributed by atoms with van der Waals surface area (Å²) in [7, 11) is 3.03. The van der Waals surface area contributed by atoms with Crippen molar-refractivity contribution in [3.05, 3.63) is 38.9 Å². The lowest BCUT2D eigenvalue weighted by atomic mass is 10.1. The van der Waals surface area contributed by atoms with Crippen molar-refractivity contribution in [1.82, 2.24) is 15.3 Å². The van der Waals surface area contributed by atoms with Gasteiger partial charge < -0.3 is 15.2 Å². The molecule has 1 heterocycles. The molecule has 0 aliphatic rings. The highest BCUT2D eigenvalue weighted by Crippen LogP contribution is 2.30. The Morgan fingerprint density at radius 3 is 2.86 bits per heavy atom. The Morgan fingerprint density at radius 2 is 2.24 bits per heavy atom. The zero-order valence-corrected chi connectivity index (χ0v) is 11.4. The number of hydrogen-bond acceptors (Lipinski definition) is 6. The smallest absolute Gasteiger partial charge is 0.293 e. The number of nitrogens with zero attached hydrogens (tertiary/aromatic N) is 3. The number of benzene rings is 1. The third kappa shape index (κ3) is 2.81. The Morgan fingerprint density at radius 1 is 1.52 bits per heavy atom. The summed E-state index contributed by atoms with van der Waals surface area (Å²) >= 11 is 0. The highest BCUT2D eigenvalue weighted by atomic mass is 16.6. The molecule has 1 aromatic carbocycles. The lowest BCUT2D eigenvalue weighted by molar-refractivity contribution is -0.384. The molecule has 1 aromatic heterocycles. The van der Waals surface area contributed by atoms with Crippen LogP contribution in [0.5, 0.6) is 0 Å². The lowest BCUT2D eigenvalue weighted by Crippen LogP contribution is -2.33. The number of fused-ring (bicyclic) bond motifs is 1. The monoisotopic (exact) mass is 291 g/mol. The SMILES string of the molecule is CNC(=O)CN(C)c1cc2nc[nH]c(=O)c2cc1[N+](=O)[O-]. The van der Waals surface area contributed by atoms with Crippen LogP contribution in [0, 0.1) is 10.1 Å². The first-order chi connectivity index (χ1) is 9.93. The second kappa shape index (κ2) is 5.57. The maximum Gasteiger partial charge on any atom is 0.293 e. The quantitative estimate of drug-likeness (QED) is 0.604. The van der Waals surface area contributed by atoms with Crippen LogP contribution in [0.25, 0.3) is 10.9 Å². The molecule has 2 N–H and O–H groups in total. The lowest BCUT2D eigenvalue weighted by Gasteiger charge is -2.18. The molecule has 2 rings (SSSR count). The molecule has 0 fully saturated rings. The van der Waals surface area contributed by atoms with Gasteiger partial charge in [0.1, 0.15) is 5.69 Å². The van der Waals surface area contributed by atoms with Gasteiger partial charge in [0.2, 0.25) is 5.91 Å². The van der Waals surface area contributed by atoms with Gasteiger partial charge in [-0.2, -0.15) is 0 Å². The van der Waals surface area contributed by atoms with Gasteiger partial charge in [-0.3, -0.25) is 19.7 Å². The van der Waals surface area contributed by atoms with E-state index in [4.69, 9.17) is 0 Å². The van der Waals surface area contributed by atoms with Gasteiger partial charge in [-0.05, 0) is 6.07 Å². The van der Waals surface area contributed by atoms with Crippen LogP contribution in [-0.2, 0) is 4.79 Å². The van der Waals surface area contributed by atoms with Crippen LogP contribution >= 0.6 is 0 Å². The van der Waals surface area contributed by atoms with Gasteiger partial charge in [0.05, 0.1) is 28.7 Å². The molecule has 0 radical (unpaired) electrons. The maximum absolute atomic E-state index is 11.7. The molecule has 110 valence electrons. The summed E-state index contributed by atoms with van der Waals surface area (Å²) in [5.74, 6) is -0.286. The second-order valence-corrected chi connectivity index (χ2v) is 4.38. The first-order valence-electron chi connectivity index (χ1n) is 6.01. The zero-order valence-electron chi connectivity index (χ0n) is 11.4. The Balaban J connectivity index is 2.61. The second-order valence-electron chi connectivity index (χ2n) is 4.38. The molecule has 0 bridgehead atoms. The van der Waals surface area contributed by atoms with Crippen molar-refractivity contribution in [2.75, 3.05) is 25.5 Å². The van der Waals surface area contributed by atoms with Gasteiger partial charge in [0.15, 0.2) is 0 Å². The Hall–Kier alpha value is -2.97. The Kier molecular flexibility index (Phi) is 3.83. The van der Waals surface area contributed by atoms with E-state index in [2.05, 4.69) is 15.3 Å². The number of nitro groups is 1. The van der Waals surface area contributed by atoms with E-state index >= 15 is 0 Å². The summed E-state index contributed by atoms with van der Waals surface area (Å²) in [6.07, 6.45) is 1.22. The molecule has 0 saturated heterocycles. The summed E-state index contributed by atoms with van der Waals surface area (Å²) in [5.41, 5.74) is -0.173. The summed E-state index contributed by atoms with van der Waals surface area (Å²) in [4.78, 5) is 41.4. The van der Waals surface area contributed by atoms with Gasteiger partial charge in [0.25, 0.3) is 11.2 Å². The topological polar surface area (TPSA) is 121 Å². The number of aromatic nitrogens is 2. The summed E-state index contributed by atoms with van der Waals surface area (Å²) in [6.45, 7) is -0.0496. The zero-order chi connectivity index (χ0) is 15.6. The van der Waals surface area contributed by atoms with Gasteiger partial charge in [0, 0.05) is 20.2 Å². The number of nitro benzene ring substituents is 1. The number of likely N-dealkylation sites (N-methyl/N-ethyl adjacent to an activating group) is 2. The third-order valence-electron chi connectivity index (χ3n) is 3.00. The standard InChI is InChI=1S/C12H13N5O4/c1-13-11(18)5-16(2)9-4-8-7(3-10(9)17(20)21)12(19)15-6-14-8/h3-4,6H,5H2,1-2H3,(H,13,18)(H,14,15,19). The van der Waals surface area contributed by atoms with Crippen molar-refractivity contribution in [3.63, 3.8) is 0 Å². The van der Waals surface area contributed by atoms with E-state index in [1.165, 1.54) is 24.3 Å². The van der Waals surface area contributed by atoms with Crippen molar-refractivity contribution < 1.29 is 9.72 Å². The molecule has 0 spiro atoms. The molecule has 9 heteroatoms. The molecule has 0 saturated carbocycles. The van der Waals surface area contributed by atoms with E-state index < -0.39 is 10.5 Å². The molecular formula is C12H13N5O4. The fourth-order valence-corrected chi connectivity index (χ4v) is 1.92. The number of carbonyl (C=O) groups excluding carboxylic acids is 1. The van der Waals surface area contributed by atoms with Crippen molar-refractivity contribution in [1.29, 1.82) is 0 Å². The molecule has 0 atom stereocenters. The van der Waals surface area contributed by atoms with Gasteiger partial charge in [-0.1, -0.05) is 0 Å². The van der Waals surface area contributed by atoms with Gasteiger partial charge in [-0.15, -0.1) is 0 Å². The van der Waals surface area contributed by atoms with Crippen LogP contribution in [0.4, 0.5) is 11.4 Å². The normalized spacial score (nSPS) is 10.4. The third-order valence-corrected chi connectivity index (χ3v) is 3.00. The minimum atomic E-state index is -0.596. The van der Waals surface area contributed by atoms with Crippen molar-refractivity contribution in [3.8, 4) is 0 Å². The average Bonchev–Trinajstić information content (AvgIpc) is 2.46. The number of H-pyrrole nitrogens is 1. The maximum atomic E-state index is 11.7. The summed E-state index contributed by atoms with van der Waals surface area (Å²) in [6, 6.07) is 2.59. The number of carbonyl (C=O) groups is 1. The summed E-state index contributed by atoms with van der Waals surface area (Å²) < 4.78 is 0. The van der Waals surface area contributed by atoms with Crippen molar-refractivity contribution in [2.24, 2.45) is 0 Å². The van der Waals surface area contributed by atoms with Crippen molar-refractivity contribution in [2.45, 2.75) is 0 Å². The van der Waals surface area contributed by atoms with Crippen LogP contribution < -0.4 is 15.8 Å². The predicted molar refractivity (Wildman–Crippen MR) is 76.4 cm³/mol. The van der Waals surface area contributed by atoms with E-state index in [1.54, 1.807) is 7.05 Å². The molecule has 0 unspecified atom stereocenters. The number of amides is 1. The molecule has 9 nitrogen and oxygen atoms in total. The number of hydrogen-bond donors (Lipinski definition) is 2. The Bertz CT molecular complexity index is 770. The molecule has 1 amide bonds. The number of anilines is 1. The van der Waals surface area contributed by atoms with Crippen LogP contribution in [-0.4, -0.2) is 41.4 Å². The highest BCUT2D eigenvalue weighted by Gasteiger charge is 2.21. The predicted octanol–water partition coefficient (Wildman–Crippen LogP) is 0.0135. The largest absolute Gasteiger partial charge is 0.360 e. The molecule has 21 heavy (non-hydrogen) atoms. The first kappa shape index (κ1) is 14.4. The first-order valence-corrected chi connectivity index (χ1v) is 6.01. The van der Waals surface area contributed by atoms with E-state index in [1.807, 2.05) is 0 Å². The van der Waals surface area contributed by atoms with Crippen LogP contribution in [0.15, 0.2) is 23.3 Å². The summed E-state index contributed by atoms with van der Waals surface area (Å²) in [5, 5.41) is 13.7. The highest BCUT2D eigenvalue weighted by molar-refractivity contribution is 5.89. The number of nitrogens with one attached hydrogen (secondary N) is 2.